The zero-order valence-electron chi connectivity index (χ0n) is 12.9. The maximum Gasteiger partial charge on any atom is 0.265 e. The van der Waals surface area contributed by atoms with Gasteiger partial charge in [0, 0.05) is 19.0 Å². The highest BCUT2D eigenvalue weighted by Crippen LogP contribution is 2.32. The monoisotopic (exact) mass is 302 g/mol. The number of amides is 2. The number of rotatable bonds is 4. The summed E-state index contributed by atoms with van der Waals surface area (Å²) in [6, 6.07) is 6.09. The van der Waals surface area contributed by atoms with Crippen LogP contribution in [-0.4, -0.2) is 31.0 Å². The van der Waals surface area contributed by atoms with E-state index in [1.54, 1.807) is 4.90 Å². The van der Waals surface area contributed by atoms with Crippen molar-refractivity contribution in [1.29, 1.82) is 0 Å². The van der Waals surface area contributed by atoms with Gasteiger partial charge < -0.3 is 15.0 Å². The molecule has 5 nitrogen and oxygen atoms in total. The van der Waals surface area contributed by atoms with Gasteiger partial charge in [0.15, 0.2) is 6.61 Å². The van der Waals surface area contributed by atoms with Crippen molar-refractivity contribution in [2.75, 3.05) is 18.1 Å². The maximum atomic E-state index is 12.1. The largest absolute Gasteiger partial charge is 0.482 e. The van der Waals surface area contributed by atoms with Crippen molar-refractivity contribution in [3.8, 4) is 5.75 Å². The van der Waals surface area contributed by atoms with Crippen molar-refractivity contribution in [1.82, 2.24) is 5.32 Å². The van der Waals surface area contributed by atoms with Crippen molar-refractivity contribution >= 4 is 17.5 Å². The number of carbonyl (C=O) groups excluding carboxylic acids is 2. The molecule has 1 saturated carbocycles. The molecule has 0 radical (unpaired) electrons. The van der Waals surface area contributed by atoms with Crippen LogP contribution in [0, 0.1) is 6.92 Å². The first kappa shape index (κ1) is 14.9. The maximum absolute atomic E-state index is 12.1. The van der Waals surface area contributed by atoms with Crippen molar-refractivity contribution in [3.63, 3.8) is 0 Å². The van der Waals surface area contributed by atoms with Crippen LogP contribution in [0.5, 0.6) is 5.75 Å². The molecule has 1 aromatic carbocycles. The summed E-state index contributed by atoms with van der Waals surface area (Å²) in [6.07, 6.45) is 4.86. The summed E-state index contributed by atoms with van der Waals surface area (Å²) in [5, 5.41) is 3.06. The molecule has 0 atom stereocenters. The van der Waals surface area contributed by atoms with Gasteiger partial charge in [-0.25, -0.2) is 0 Å². The highest BCUT2D eigenvalue weighted by molar-refractivity contribution is 5.98. The number of ether oxygens (including phenoxy) is 1. The lowest BCUT2D eigenvalue weighted by Crippen LogP contribution is -2.42. The molecule has 2 amide bonds. The molecule has 0 bridgehead atoms. The number of hydrogen-bond donors (Lipinski definition) is 1. The SMILES string of the molecule is Cc1ccc2c(c1)N(CCC(=O)NC1CCCC1)C(=O)CO2. The normalized spacial score (nSPS) is 18.0. The summed E-state index contributed by atoms with van der Waals surface area (Å²) >= 11 is 0. The fourth-order valence-corrected chi connectivity index (χ4v) is 3.14. The number of aryl methyl sites for hydroxylation is 1. The van der Waals surface area contributed by atoms with E-state index in [2.05, 4.69) is 5.32 Å². The number of benzene rings is 1. The number of anilines is 1. The fraction of sp³-hybridized carbons (Fsp3) is 0.529. The molecule has 1 aliphatic carbocycles. The van der Waals surface area contributed by atoms with Gasteiger partial charge >= 0.3 is 0 Å². The molecule has 1 N–H and O–H groups in total. The summed E-state index contributed by atoms with van der Waals surface area (Å²) < 4.78 is 5.44. The molecule has 118 valence electrons. The number of nitrogens with zero attached hydrogens (tertiary/aromatic N) is 1. The first-order valence-electron chi connectivity index (χ1n) is 7.96. The van der Waals surface area contributed by atoms with E-state index in [-0.39, 0.29) is 18.4 Å². The Labute approximate surface area is 130 Å². The van der Waals surface area contributed by atoms with Gasteiger partial charge in [-0.3, -0.25) is 9.59 Å². The van der Waals surface area contributed by atoms with Crippen LogP contribution in [-0.2, 0) is 9.59 Å². The van der Waals surface area contributed by atoms with E-state index in [0.29, 0.717) is 24.8 Å². The number of nitrogens with one attached hydrogen (secondary N) is 1. The lowest BCUT2D eigenvalue weighted by molar-refractivity contribution is -0.122. The van der Waals surface area contributed by atoms with Gasteiger partial charge in [0.1, 0.15) is 5.75 Å². The molecule has 0 unspecified atom stereocenters. The third kappa shape index (κ3) is 3.24. The van der Waals surface area contributed by atoms with Gasteiger partial charge in [0.05, 0.1) is 5.69 Å². The molecular formula is C17H22N2O3. The fourth-order valence-electron chi connectivity index (χ4n) is 3.14. The van der Waals surface area contributed by atoms with Crippen LogP contribution in [0.3, 0.4) is 0 Å². The van der Waals surface area contributed by atoms with E-state index in [1.165, 1.54) is 12.8 Å². The molecule has 0 saturated heterocycles. The van der Waals surface area contributed by atoms with Gasteiger partial charge in [-0.05, 0) is 37.5 Å². The number of carbonyl (C=O) groups is 2. The van der Waals surface area contributed by atoms with E-state index in [9.17, 15) is 9.59 Å². The van der Waals surface area contributed by atoms with Crippen LogP contribution in [0.2, 0.25) is 0 Å². The van der Waals surface area contributed by atoms with Crippen LogP contribution in [0.4, 0.5) is 5.69 Å². The van der Waals surface area contributed by atoms with E-state index in [1.807, 2.05) is 25.1 Å². The minimum atomic E-state index is -0.0910. The molecular weight excluding hydrogens is 280 g/mol. The highest BCUT2D eigenvalue weighted by Gasteiger charge is 2.26. The summed E-state index contributed by atoms with van der Waals surface area (Å²) in [6.45, 7) is 2.42. The summed E-state index contributed by atoms with van der Waals surface area (Å²) in [4.78, 5) is 25.8. The Morgan fingerprint density at radius 2 is 2.14 bits per heavy atom. The van der Waals surface area contributed by atoms with E-state index >= 15 is 0 Å². The molecule has 1 aromatic rings. The standard InChI is InChI=1S/C17H22N2O3/c1-12-6-7-15-14(10-12)19(17(21)11-22-15)9-8-16(20)18-13-4-2-3-5-13/h6-7,10,13H,2-5,8-9,11H2,1H3,(H,18,20). The first-order chi connectivity index (χ1) is 10.6. The van der Waals surface area contributed by atoms with E-state index in [0.717, 1.165) is 24.1 Å². The van der Waals surface area contributed by atoms with Crippen molar-refractivity contribution < 1.29 is 14.3 Å². The average molecular weight is 302 g/mol. The molecule has 3 rings (SSSR count). The third-order valence-electron chi connectivity index (χ3n) is 4.34. The van der Waals surface area contributed by atoms with Crippen LogP contribution in [0.25, 0.3) is 0 Å². The lowest BCUT2D eigenvalue weighted by atomic mass is 10.1. The minimum absolute atomic E-state index is 0.0281. The van der Waals surface area contributed by atoms with Crippen molar-refractivity contribution in [2.45, 2.75) is 45.1 Å². The van der Waals surface area contributed by atoms with Gasteiger partial charge in [0.2, 0.25) is 5.91 Å². The van der Waals surface area contributed by atoms with Gasteiger partial charge in [-0.1, -0.05) is 18.9 Å². The van der Waals surface area contributed by atoms with Crippen LogP contribution >= 0.6 is 0 Å². The van der Waals surface area contributed by atoms with Crippen molar-refractivity contribution in [2.24, 2.45) is 0 Å². The smallest absolute Gasteiger partial charge is 0.265 e. The zero-order valence-corrected chi connectivity index (χ0v) is 12.9. The molecule has 0 aromatic heterocycles. The highest BCUT2D eigenvalue weighted by atomic mass is 16.5. The molecule has 0 spiro atoms. The lowest BCUT2D eigenvalue weighted by Gasteiger charge is -2.29. The van der Waals surface area contributed by atoms with Crippen LogP contribution < -0.4 is 15.0 Å². The average Bonchev–Trinajstić information content (AvgIpc) is 2.99. The van der Waals surface area contributed by atoms with Gasteiger partial charge in [-0.2, -0.15) is 0 Å². The Kier molecular flexibility index (Phi) is 4.32. The van der Waals surface area contributed by atoms with E-state index < -0.39 is 0 Å². The van der Waals surface area contributed by atoms with Crippen LogP contribution in [0.15, 0.2) is 18.2 Å². The predicted octanol–water partition coefficient (Wildman–Crippen LogP) is 2.17. The molecule has 22 heavy (non-hydrogen) atoms. The van der Waals surface area contributed by atoms with E-state index in [4.69, 9.17) is 4.74 Å². The Balaban J connectivity index is 1.63. The first-order valence-corrected chi connectivity index (χ1v) is 7.96. The van der Waals surface area contributed by atoms with Gasteiger partial charge in [-0.15, -0.1) is 0 Å². The molecule has 1 aliphatic heterocycles. The molecule has 1 fully saturated rings. The Bertz CT molecular complexity index is 579. The second-order valence-electron chi connectivity index (χ2n) is 6.10. The van der Waals surface area contributed by atoms with Gasteiger partial charge in [0.25, 0.3) is 5.91 Å². The molecule has 5 heteroatoms. The second kappa shape index (κ2) is 6.38. The zero-order chi connectivity index (χ0) is 15.5. The topological polar surface area (TPSA) is 58.6 Å². The molecule has 1 heterocycles. The Hall–Kier alpha value is -2.04. The Morgan fingerprint density at radius 1 is 1.36 bits per heavy atom. The summed E-state index contributed by atoms with van der Waals surface area (Å²) in [7, 11) is 0. The quantitative estimate of drug-likeness (QED) is 0.927. The van der Waals surface area contributed by atoms with Crippen molar-refractivity contribution in [3.05, 3.63) is 23.8 Å². The minimum Gasteiger partial charge on any atom is -0.482 e. The number of fused-ring (bicyclic) bond motifs is 1. The molecule has 2 aliphatic rings. The summed E-state index contributed by atoms with van der Waals surface area (Å²) in [5.41, 5.74) is 1.84. The number of hydrogen-bond acceptors (Lipinski definition) is 3. The summed E-state index contributed by atoms with van der Waals surface area (Å²) in [5.74, 6) is 0.647. The predicted molar refractivity (Wildman–Crippen MR) is 84.0 cm³/mol. The Morgan fingerprint density at radius 3 is 2.91 bits per heavy atom. The third-order valence-corrected chi connectivity index (χ3v) is 4.34. The van der Waals surface area contributed by atoms with Crippen LogP contribution in [0.1, 0.15) is 37.7 Å². The second-order valence-corrected chi connectivity index (χ2v) is 6.10.